The van der Waals surface area contributed by atoms with Crippen LogP contribution in [0, 0.1) is 0 Å². The Bertz CT molecular complexity index is 1320. The molecule has 0 aliphatic heterocycles. The summed E-state index contributed by atoms with van der Waals surface area (Å²) in [6, 6.07) is 14.1. The van der Waals surface area contributed by atoms with E-state index in [4.69, 9.17) is 0 Å². The Labute approximate surface area is 212 Å². The summed E-state index contributed by atoms with van der Waals surface area (Å²) < 4.78 is 0. The van der Waals surface area contributed by atoms with Gasteiger partial charge >= 0.3 is 0 Å². The van der Waals surface area contributed by atoms with E-state index in [2.05, 4.69) is 62.7 Å². The number of rotatable bonds is 10. The second kappa shape index (κ2) is 11.6. The van der Waals surface area contributed by atoms with E-state index in [0.717, 1.165) is 52.2 Å². The van der Waals surface area contributed by atoms with Gasteiger partial charge in [-0.2, -0.15) is 0 Å². The zero-order chi connectivity index (χ0) is 25.5. The maximum atomic E-state index is 12.3. The molecule has 186 valence electrons. The van der Waals surface area contributed by atoms with Gasteiger partial charge in [0, 0.05) is 55.0 Å². The molecule has 0 fully saturated rings. The predicted octanol–water partition coefficient (Wildman–Crippen LogP) is 5.26. The fourth-order valence-electron chi connectivity index (χ4n) is 4.24. The third-order valence-electron chi connectivity index (χ3n) is 6.46. The number of hydrogen-bond acceptors (Lipinski definition) is 7. The molecule has 36 heavy (non-hydrogen) atoms. The molecule has 8 nitrogen and oxygen atoms in total. The van der Waals surface area contributed by atoms with Crippen molar-refractivity contribution in [1.82, 2.24) is 25.3 Å². The van der Waals surface area contributed by atoms with Gasteiger partial charge in [0.2, 0.25) is 0 Å². The quantitative estimate of drug-likeness (QED) is 0.282. The average molecular weight is 484 g/mol. The van der Waals surface area contributed by atoms with E-state index in [1.807, 2.05) is 36.5 Å². The lowest BCUT2D eigenvalue weighted by Crippen LogP contribution is -2.18. The molecule has 0 aliphatic carbocycles. The van der Waals surface area contributed by atoms with Gasteiger partial charge in [-0.25, -0.2) is 15.0 Å². The van der Waals surface area contributed by atoms with Crippen molar-refractivity contribution in [1.29, 1.82) is 0 Å². The molecular weight excluding hydrogens is 450 g/mol. The molecule has 3 N–H and O–H groups in total. The summed E-state index contributed by atoms with van der Waals surface area (Å²) in [5.74, 6) is 1.63. The number of anilines is 2. The second-order valence-electron chi connectivity index (χ2n) is 8.84. The standard InChI is InChI=1S/C28H33N7O/c1-5-20(6-2)35-25-11-10-19(16-32-25)24-14-26(34-17-33-24)31-15-18(3)21-8-7-9-22-23(28(36)29-4)12-13-30-27(21)22/h7-14,16-18,20H,5-6,15H2,1-4H3,(H,29,36)(H,32,35)(H,31,33,34)/t18-/m1/s1. The van der Waals surface area contributed by atoms with Crippen LogP contribution >= 0.6 is 0 Å². The van der Waals surface area contributed by atoms with Crippen molar-refractivity contribution in [3.8, 4) is 11.3 Å². The minimum absolute atomic E-state index is 0.118. The van der Waals surface area contributed by atoms with Crippen LogP contribution in [-0.4, -0.2) is 45.5 Å². The van der Waals surface area contributed by atoms with Crippen molar-refractivity contribution >= 4 is 28.4 Å². The molecule has 0 aliphatic rings. The fraction of sp³-hybridized carbons (Fsp3) is 0.321. The molecule has 0 radical (unpaired) electrons. The third-order valence-corrected chi connectivity index (χ3v) is 6.46. The minimum atomic E-state index is -0.118. The molecule has 0 saturated carbocycles. The summed E-state index contributed by atoms with van der Waals surface area (Å²) in [4.78, 5) is 30.3. The second-order valence-corrected chi connectivity index (χ2v) is 8.84. The molecule has 1 aromatic carbocycles. The van der Waals surface area contributed by atoms with E-state index in [-0.39, 0.29) is 11.8 Å². The third kappa shape index (κ3) is 5.59. The summed E-state index contributed by atoms with van der Waals surface area (Å²) in [7, 11) is 1.64. The number of fused-ring (bicyclic) bond motifs is 1. The largest absolute Gasteiger partial charge is 0.369 e. The van der Waals surface area contributed by atoms with Crippen molar-refractivity contribution in [3.63, 3.8) is 0 Å². The number of aromatic nitrogens is 4. The molecular formula is C28H33N7O. The van der Waals surface area contributed by atoms with E-state index >= 15 is 0 Å². The van der Waals surface area contributed by atoms with Gasteiger partial charge in [0.25, 0.3) is 5.91 Å². The molecule has 3 heterocycles. The molecule has 8 heteroatoms. The van der Waals surface area contributed by atoms with Gasteiger partial charge in [0.05, 0.1) is 16.8 Å². The van der Waals surface area contributed by atoms with Gasteiger partial charge in [-0.05, 0) is 36.6 Å². The van der Waals surface area contributed by atoms with Crippen molar-refractivity contribution in [2.45, 2.75) is 45.6 Å². The number of carbonyl (C=O) groups excluding carboxylic acids is 1. The first-order valence-electron chi connectivity index (χ1n) is 12.4. The topological polar surface area (TPSA) is 105 Å². The molecule has 0 spiro atoms. The molecule has 0 bridgehead atoms. The van der Waals surface area contributed by atoms with Crippen LogP contribution in [0.3, 0.4) is 0 Å². The molecule has 0 saturated heterocycles. The molecule has 3 aromatic heterocycles. The van der Waals surface area contributed by atoms with Gasteiger partial charge in [0.1, 0.15) is 18.0 Å². The highest BCUT2D eigenvalue weighted by molar-refractivity contribution is 6.06. The first kappa shape index (κ1) is 25.0. The molecule has 1 amide bonds. The maximum Gasteiger partial charge on any atom is 0.251 e. The van der Waals surface area contributed by atoms with E-state index in [1.165, 1.54) is 0 Å². The monoisotopic (exact) mass is 483 g/mol. The number of pyridine rings is 2. The predicted molar refractivity (Wildman–Crippen MR) is 145 cm³/mol. The highest BCUT2D eigenvalue weighted by Crippen LogP contribution is 2.27. The smallest absolute Gasteiger partial charge is 0.251 e. The summed E-state index contributed by atoms with van der Waals surface area (Å²) >= 11 is 0. The zero-order valence-electron chi connectivity index (χ0n) is 21.2. The Morgan fingerprint density at radius 1 is 0.972 bits per heavy atom. The summed E-state index contributed by atoms with van der Waals surface area (Å²) in [5.41, 5.74) is 4.28. The molecule has 4 aromatic rings. The molecule has 4 rings (SSSR count). The highest BCUT2D eigenvalue weighted by atomic mass is 16.1. The molecule has 1 atom stereocenters. The van der Waals surface area contributed by atoms with Gasteiger partial charge in [-0.3, -0.25) is 9.78 Å². The Morgan fingerprint density at radius 2 is 1.81 bits per heavy atom. The maximum absolute atomic E-state index is 12.3. The fourth-order valence-corrected chi connectivity index (χ4v) is 4.24. The van der Waals surface area contributed by atoms with Crippen LogP contribution in [0.2, 0.25) is 0 Å². The first-order valence-corrected chi connectivity index (χ1v) is 12.4. The lowest BCUT2D eigenvalue weighted by atomic mass is 9.96. The van der Waals surface area contributed by atoms with Crippen LogP contribution in [0.4, 0.5) is 11.6 Å². The van der Waals surface area contributed by atoms with Gasteiger partial charge in [-0.1, -0.05) is 39.0 Å². The Balaban J connectivity index is 1.47. The lowest BCUT2D eigenvalue weighted by Gasteiger charge is -2.17. The van der Waals surface area contributed by atoms with E-state index < -0.39 is 0 Å². The Hall–Kier alpha value is -4.07. The summed E-state index contributed by atoms with van der Waals surface area (Å²) in [6.07, 6.45) is 7.21. The van der Waals surface area contributed by atoms with E-state index in [0.29, 0.717) is 18.2 Å². The van der Waals surface area contributed by atoms with Crippen molar-refractivity contribution < 1.29 is 4.79 Å². The number of hydrogen-bond donors (Lipinski definition) is 3. The van der Waals surface area contributed by atoms with Crippen LogP contribution in [0.1, 0.15) is 55.5 Å². The van der Waals surface area contributed by atoms with Gasteiger partial charge in [0.15, 0.2) is 0 Å². The normalized spacial score (nSPS) is 11.9. The number of para-hydroxylation sites is 1. The van der Waals surface area contributed by atoms with Crippen LogP contribution < -0.4 is 16.0 Å². The number of nitrogens with one attached hydrogen (secondary N) is 3. The van der Waals surface area contributed by atoms with Crippen LogP contribution in [-0.2, 0) is 0 Å². The van der Waals surface area contributed by atoms with Crippen molar-refractivity contribution in [3.05, 3.63) is 72.3 Å². The number of benzene rings is 1. The first-order chi connectivity index (χ1) is 17.5. The van der Waals surface area contributed by atoms with Crippen LogP contribution in [0.15, 0.2) is 61.2 Å². The lowest BCUT2D eigenvalue weighted by molar-refractivity contribution is 0.0964. The summed E-state index contributed by atoms with van der Waals surface area (Å²) in [5, 5.41) is 10.4. The minimum Gasteiger partial charge on any atom is -0.369 e. The Kier molecular flexibility index (Phi) is 8.05. The van der Waals surface area contributed by atoms with Crippen LogP contribution in [0.25, 0.3) is 22.2 Å². The van der Waals surface area contributed by atoms with Gasteiger partial charge in [-0.15, -0.1) is 0 Å². The summed E-state index contributed by atoms with van der Waals surface area (Å²) in [6.45, 7) is 7.13. The van der Waals surface area contributed by atoms with Gasteiger partial charge < -0.3 is 16.0 Å². The Morgan fingerprint density at radius 3 is 2.53 bits per heavy atom. The number of amides is 1. The van der Waals surface area contributed by atoms with E-state index in [1.54, 1.807) is 25.6 Å². The van der Waals surface area contributed by atoms with Crippen molar-refractivity contribution in [2.24, 2.45) is 0 Å². The zero-order valence-corrected chi connectivity index (χ0v) is 21.2. The average Bonchev–Trinajstić information content (AvgIpc) is 2.94. The van der Waals surface area contributed by atoms with E-state index in [9.17, 15) is 4.79 Å². The van der Waals surface area contributed by atoms with Crippen LogP contribution in [0.5, 0.6) is 0 Å². The SMILES string of the molecule is CCC(CC)Nc1ccc(-c2cc(NC[C@@H](C)c3cccc4c(C(=O)NC)ccnc34)ncn2)cn1. The number of nitrogens with zero attached hydrogens (tertiary/aromatic N) is 4. The van der Waals surface area contributed by atoms with Crippen molar-refractivity contribution in [2.75, 3.05) is 24.2 Å². The highest BCUT2D eigenvalue weighted by Gasteiger charge is 2.15. The number of carbonyl (C=O) groups is 1. The molecule has 0 unspecified atom stereocenters.